The summed E-state index contributed by atoms with van der Waals surface area (Å²) in [5.74, 6) is 1.60. The van der Waals surface area contributed by atoms with Gasteiger partial charge in [-0.05, 0) is 24.6 Å². The second-order valence-corrected chi connectivity index (χ2v) is 6.35. The van der Waals surface area contributed by atoms with E-state index in [1.165, 1.54) is 0 Å². The number of aryl methyl sites for hydroxylation is 2. The van der Waals surface area contributed by atoms with Gasteiger partial charge in [0.15, 0.2) is 11.4 Å². The zero-order valence-electron chi connectivity index (χ0n) is 15.8. The number of pyridine rings is 1. The molecule has 0 aliphatic heterocycles. The largest absolute Gasteiger partial charge is 0.492 e. The van der Waals surface area contributed by atoms with Crippen LogP contribution in [0.2, 0.25) is 0 Å². The molecule has 5 rings (SSSR count). The summed E-state index contributed by atoms with van der Waals surface area (Å²) in [6, 6.07) is 5.51. The molecule has 0 radical (unpaired) electrons. The third kappa shape index (κ3) is 2.71. The zero-order valence-corrected chi connectivity index (χ0v) is 15.8. The van der Waals surface area contributed by atoms with Gasteiger partial charge in [-0.3, -0.25) is 9.67 Å². The van der Waals surface area contributed by atoms with Crippen LogP contribution in [0, 0.1) is 6.92 Å². The normalized spacial score (nSPS) is 11.3. The summed E-state index contributed by atoms with van der Waals surface area (Å²) in [6.45, 7) is 1.81. The van der Waals surface area contributed by atoms with Crippen molar-refractivity contribution in [2.45, 2.75) is 6.92 Å². The summed E-state index contributed by atoms with van der Waals surface area (Å²) in [5.41, 5.74) is 3.69. The van der Waals surface area contributed by atoms with Crippen LogP contribution in [0.5, 0.6) is 5.75 Å². The fraction of sp³-hybridized carbons (Fsp3) is 0.167. The van der Waals surface area contributed by atoms with Crippen molar-refractivity contribution in [1.82, 2.24) is 44.9 Å². The molecule has 11 nitrogen and oxygen atoms in total. The molecular formula is C18H15N9O2. The molecule has 0 saturated heterocycles. The first-order valence-corrected chi connectivity index (χ1v) is 8.70. The van der Waals surface area contributed by atoms with Crippen LogP contribution in [0.1, 0.15) is 5.76 Å². The van der Waals surface area contributed by atoms with Gasteiger partial charge < -0.3 is 9.26 Å². The van der Waals surface area contributed by atoms with Crippen molar-refractivity contribution in [3.05, 3.63) is 42.5 Å². The van der Waals surface area contributed by atoms with E-state index >= 15 is 0 Å². The Morgan fingerprint density at radius 1 is 1.07 bits per heavy atom. The minimum absolute atomic E-state index is 0.432. The molecule has 5 heterocycles. The summed E-state index contributed by atoms with van der Waals surface area (Å²) < 4.78 is 14.1. The molecule has 144 valence electrons. The van der Waals surface area contributed by atoms with Crippen LogP contribution < -0.4 is 4.74 Å². The lowest BCUT2D eigenvalue weighted by molar-refractivity contribution is 0.399. The summed E-state index contributed by atoms with van der Waals surface area (Å²) in [6.07, 6.45) is 5.18. The number of ether oxygens (including phenoxy) is 1. The van der Waals surface area contributed by atoms with Gasteiger partial charge in [0.2, 0.25) is 11.5 Å². The number of rotatable bonds is 4. The lowest BCUT2D eigenvalue weighted by atomic mass is 10.0. The van der Waals surface area contributed by atoms with E-state index in [-0.39, 0.29) is 0 Å². The quantitative estimate of drug-likeness (QED) is 0.454. The first kappa shape index (κ1) is 17.0. The number of nitrogens with zero attached hydrogens (tertiary/aromatic N) is 9. The molecule has 0 amide bonds. The first-order valence-electron chi connectivity index (χ1n) is 8.70. The first-order chi connectivity index (χ1) is 14.2. The van der Waals surface area contributed by atoms with Gasteiger partial charge >= 0.3 is 0 Å². The maximum atomic E-state index is 5.75. The smallest absolute Gasteiger partial charge is 0.221 e. The van der Waals surface area contributed by atoms with Crippen LogP contribution in [0.25, 0.3) is 39.7 Å². The maximum absolute atomic E-state index is 5.75. The number of methoxy groups -OCH3 is 1. The molecule has 0 saturated carbocycles. The van der Waals surface area contributed by atoms with E-state index in [2.05, 4.69) is 30.7 Å². The molecule has 0 spiro atoms. The van der Waals surface area contributed by atoms with E-state index in [1.807, 2.05) is 12.1 Å². The number of hydrogen-bond donors (Lipinski definition) is 0. The molecule has 0 aliphatic carbocycles. The Morgan fingerprint density at radius 3 is 2.55 bits per heavy atom. The zero-order chi connectivity index (χ0) is 20.0. The predicted octanol–water partition coefficient (Wildman–Crippen LogP) is 1.95. The summed E-state index contributed by atoms with van der Waals surface area (Å²) in [7, 11) is 3.37. The van der Waals surface area contributed by atoms with Crippen molar-refractivity contribution in [2.75, 3.05) is 7.11 Å². The monoisotopic (exact) mass is 389 g/mol. The van der Waals surface area contributed by atoms with Gasteiger partial charge in [-0.2, -0.15) is 9.61 Å². The molecular weight excluding hydrogens is 374 g/mol. The highest BCUT2D eigenvalue weighted by atomic mass is 16.5. The van der Waals surface area contributed by atoms with Gasteiger partial charge in [0.1, 0.15) is 17.1 Å². The minimum atomic E-state index is 0.432. The molecule has 5 aromatic rings. The summed E-state index contributed by atoms with van der Waals surface area (Å²) in [5, 5.41) is 25.6. The molecule has 0 aromatic carbocycles. The van der Waals surface area contributed by atoms with E-state index in [0.717, 1.165) is 11.1 Å². The molecule has 29 heavy (non-hydrogen) atoms. The lowest BCUT2D eigenvalue weighted by Crippen LogP contribution is -2.04. The van der Waals surface area contributed by atoms with Gasteiger partial charge in [0, 0.05) is 25.5 Å². The van der Waals surface area contributed by atoms with Gasteiger partial charge in [-0.15, -0.1) is 15.3 Å². The molecule has 11 heteroatoms. The Bertz CT molecular complexity index is 1320. The van der Waals surface area contributed by atoms with E-state index in [1.54, 1.807) is 54.9 Å². The highest BCUT2D eigenvalue weighted by molar-refractivity contribution is 5.88. The van der Waals surface area contributed by atoms with Crippen LogP contribution in [-0.4, -0.2) is 52.1 Å². The highest BCUT2D eigenvalue weighted by Crippen LogP contribution is 2.39. The van der Waals surface area contributed by atoms with Crippen LogP contribution in [0.15, 0.2) is 41.3 Å². The van der Waals surface area contributed by atoms with Crippen molar-refractivity contribution in [2.24, 2.45) is 7.05 Å². The fourth-order valence-electron chi connectivity index (χ4n) is 3.13. The fourth-order valence-corrected chi connectivity index (χ4v) is 3.13. The van der Waals surface area contributed by atoms with Crippen molar-refractivity contribution in [3.8, 4) is 39.8 Å². The Morgan fingerprint density at radius 2 is 1.90 bits per heavy atom. The Labute approximate surface area is 164 Å². The van der Waals surface area contributed by atoms with E-state index in [4.69, 9.17) is 14.4 Å². The number of hydrogen-bond acceptors (Lipinski definition) is 9. The Balaban J connectivity index is 1.87. The summed E-state index contributed by atoms with van der Waals surface area (Å²) in [4.78, 5) is 4.10. The Hall–Kier alpha value is -4.15. The van der Waals surface area contributed by atoms with Crippen LogP contribution in [0.3, 0.4) is 0 Å². The molecule has 0 atom stereocenters. The average molecular weight is 389 g/mol. The molecule has 0 fully saturated rings. The molecule has 0 unspecified atom stereocenters. The number of aromatic nitrogens is 9. The molecule has 0 bridgehead atoms. The SMILES string of the molecule is COc1c(-c2ccncc2)c(-c2cn(C)nn2)nn2c(-c3cc(C)on3)nnc12. The van der Waals surface area contributed by atoms with Gasteiger partial charge in [0.25, 0.3) is 0 Å². The second-order valence-electron chi connectivity index (χ2n) is 6.35. The van der Waals surface area contributed by atoms with E-state index < -0.39 is 0 Å². The highest BCUT2D eigenvalue weighted by Gasteiger charge is 2.25. The van der Waals surface area contributed by atoms with Crippen molar-refractivity contribution >= 4 is 5.65 Å². The van der Waals surface area contributed by atoms with Crippen LogP contribution in [0.4, 0.5) is 0 Å². The third-order valence-electron chi connectivity index (χ3n) is 4.38. The lowest BCUT2D eigenvalue weighted by Gasteiger charge is -2.13. The predicted molar refractivity (Wildman–Crippen MR) is 101 cm³/mol. The van der Waals surface area contributed by atoms with Crippen LogP contribution in [-0.2, 0) is 7.05 Å². The van der Waals surface area contributed by atoms with Gasteiger partial charge in [0.05, 0.1) is 18.9 Å². The van der Waals surface area contributed by atoms with Crippen molar-refractivity contribution in [1.29, 1.82) is 0 Å². The molecule has 0 aliphatic rings. The van der Waals surface area contributed by atoms with Crippen LogP contribution >= 0.6 is 0 Å². The van der Waals surface area contributed by atoms with E-state index in [0.29, 0.717) is 40.1 Å². The number of fused-ring (bicyclic) bond motifs is 1. The topological polar surface area (TPSA) is 122 Å². The van der Waals surface area contributed by atoms with Gasteiger partial charge in [-0.25, -0.2) is 0 Å². The van der Waals surface area contributed by atoms with Crippen molar-refractivity contribution < 1.29 is 9.26 Å². The second kappa shape index (κ2) is 6.48. The third-order valence-corrected chi connectivity index (χ3v) is 4.38. The average Bonchev–Trinajstić information content (AvgIpc) is 3.46. The minimum Gasteiger partial charge on any atom is -0.492 e. The standard InChI is InChI=1S/C18H15N9O2/c1-10-8-12(24-29-10)17-21-22-18-16(28-3)14(11-4-6-19-7-5-11)15(23-27(17)18)13-9-26(2)25-20-13/h4-9H,1-3H3. The molecule has 5 aromatic heterocycles. The maximum Gasteiger partial charge on any atom is 0.221 e. The van der Waals surface area contributed by atoms with Gasteiger partial charge in [-0.1, -0.05) is 10.4 Å². The van der Waals surface area contributed by atoms with Crippen molar-refractivity contribution in [3.63, 3.8) is 0 Å². The Kier molecular flexibility index (Phi) is 3.79. The molecule has 0 N–H and O–H groups in total. The van der Waals surface area contributed by atoms with E-state index in [9.17, 15) is 0 Å². The summed E-state index contributed by atoms with van der Waals surface area (Å²) >= 11 is 0.